The average molecular weight is 364 g/mol. The molecule has 2 aliphatic rings. The van der Waals surface area contributed by atoms with Crippen molar-refractivity contribution in [2.45, 2.75) is 56.7 Å². The molecule has 0 N–H and O–H groups in total. The number of aryl methyl sites for hydroxylation is 1. The fourth-order valence-electron chi connectivity index (χ4n) is 3.66. The van der Waals surface area contributed by atoms with Gasteiger partial charge in [-0.25, -0.2) is 0 Å². The monoisotopic (exact) mass is 363 g/mol. The van der Waals surface area contributed by atoms with E-state index in [4.69, 9.17) is 4.74 Å². The number of ether oxygens (including phenoxy) is 1. The van der Waals surface area contributed by atoms with Gasteiger partial charge < -0.3 is 9.30 Å². The van der Waals surface area contributed by atoms with E-state index in [9.17, 15) is 0 Å². The molecule has 0 saturated carbocycles. The van der Waals surface area contributed by atoms with Gasteiger partial charge in [0.1, 0.15) is 0 Å². The van der Waals surface area contributed by atoms with Crippen LogP contribution in [0.1, 0.15) is 43.0 Å². The normalized spacial score (nSPS) is 23.6. The second kappa shape index (κ2) is 7.18. The highest BCUT2D eigenvalue weighted by Crippen LogP contribution is 2.38. The summed E-state index contributed by atoms with van der Waals surface area (Å²) in [6.07, 6.45) is 7.85. The number of nitrogens with zero attached hydrogens (tertiary/aromatic N) is 3. The minimum Gasteiger partial charge on any atom is -0.377 e. The van der Waals surface area contributed by atoms with E-state index >= 15 is 0 Å². The topological polar surface area (TPSA) is 39.9 Å². The quantitative estimate of drug-likeness (QED) is 0.741. The van der Waals surface area contributed by atoms with Gasteiger partial charge in [-0.15, -0.1) is 21.5 Å². The largest absolute Gasteiger partial charge is 0.377 e. The summed E-state index contributed by atoms with van der Waals surface area (Å²) in [7, 11) is 2.08. The Morgan fingerprint density at radius 2 is 2.29 bits per heavy atom. The molecule has 1 aliphatic heterocycles. The summed E-state index contributed by atoms with van der Waals surface area (Å²) in [6.45, 7) is 3.22. The summed E-state index contributed by atoms with van der Waals surface area (Å²) in [6, 6.07) is 2.36. The molecule has 0 aromatic carbocycles. The van der Waals surface area contributed by atoms with E-state index in [1.54, 1.807) is 22.2 Å². The molecule has 2 atom stereocenters. The summed E-state index contributed by atoms with van der Waals surface area (Å²) < 4.78 is 7.85. The molecule has 1 saturated heterocycles. The van der Waals surface area contributed by atoms with E-state index in [-0.39, 0.29) is 0 Å². The van der Waals surface area contributed by atoms with E-state index in [1.807, 2.05) is 11.3 Å². The van der Waals surface area contributed by atoms with Gasteiger partial charge in [0.25, 0.3) is 0 Å². The van der Waals surface area contributed by atoms with E-state index in [2.05, 4.69) is 34.8 Å². The molecule has 0 amide bonds. The van der Waals surface area contributed by atoms with Crippen molar-refractivity contribution in [1.29, 1.82) is 0 Å². The number of hydrogen-bond donors (Lipinski definition) is 0. The lowest BCUT2D eigenvalue weighted by Gasteiger charge is -2.19. The molecule has 1 aliphatic carbocycles. The minimum absolute atomic E-state index is 0.384. The van der Waals surface area contributed by atoms with Gasteiger partial charge in [-0.05, 0) is 49.7 Å². The lowest BCUT2D eigenvalue weighted by molar-refractivity contribution is 0.129. The van der Waals surface area contributed by atoms with Gasteiger partial charge in [0.2, 0.25) is 0 Å². The Balaban J connectivity index is 1.49. The van der Waals surface area contributed by atoms with Crippen LogP contribution in [0.3, 0.4) is 0 Å². The van der Waals surface area contributed by atoms with Gasteiger partial charge in [-0.1, -0.05) is 25.1 Å². The standard InChI is InChI=1S/C18H25N3OS2/c1-3-12-6-7-15-13(9-12)10-16(24-15)17-19-20-18(21(17)2)23-11-14-5-4-8-22-14/h10,12,14H,3-9,11H2,1-2H3/t12-,14+/m0/s1. The number of thiophene rings is 1. The maximum absolute atomic E-state index is 5.71. The Labute approximate surface area is 152 Å². The fraction of sp³-hybridized carbons (Fsp3) is 0.667. The van der Waals surface area contributed by atoms with Crippen molar-refractivity contribution >= 4 is 23.1 Å². The van der Waals surface area contributed by atoms with Gasteiger partial charge in [0.15, 0.2) is 11.0 Å². The van der Waals surface area contributed by atoms with Gasteiger partial charge in [0, 0.05) is 24.3 Å². The maximum Gasteiger partial charge on any atom is 0.191 e. The van der Waals surface area contributed by atoms with Crippen LogP contribution in [-0.4, -0.2) is 33.2 Å². The predicted molar refractivity (Wildman–Crippen MR) is 99.8 cm³/mol. The molecule has 6 heteroatoms. The minimum atomic E-state index is 0.384. The van der Waals surface area contributed by atoms with E-state index in [1.165, 1.54) is 43.4 Å². The molecule has 0 spiro atoms. The Kier molecular flexibility index (Phi) is 4.97. The van der Waals surface area contributed by atoms with Crippen LogP contribution in [0, 0.1) is 5.92 Å². The lowest BCUT2D eigenvalue weighted by atomic mass is 9.87. The second-order valence-corrected chi connectivity index (χ2v) is 9.01. The summed E-state index contributed by atoms with van der Waals surface area (Å²) in [4.78, 5) is 2.84. The Morgan fingerprint density at radius 1 is 1.38 bits per heavy atom. The van der Waals surface area contributed by atoms with Crippen LogP contribution in [-0.2, 0) is 24.6 Å². The first kappa shape index (κ1) is 16.6. The molecule has 0 unspecified atom stereocenters. The first-order valence-corrected chi connectivity index (χ1v) is 10.8. The van der Waals surface area contributed by atoms with Crippen molar-refractivity contribution in [3.63, 3.8) is 0 Å². The van der Waals surface area contributed by atoms with Crippen LogP contribution < -0.4 is 0 Å². The van der Waals surface area contributed by atoms with Crippen LogP contribution >= 0.6 is 23.1 Å². The molecule has 24 heavy (non-hydrogen) atoms. The van der Waals surface area contributed by atoms with E-state index < -0.39 is 0 Å². The van der Waals surface area contributed by atoms with Crippen molar-refractivity contribution in [2.75, 3.05) is 12.4 Å². The second-order valence-electron chi connectivity index (χ2n) is 6.89. The van der Waals surface area contributed by atoms with Crippen molar-refractivity contribution in [3.8, 4) is 10.7 Å². The van der Waals surface area contributed by atoms with Gasteiger partial charge in [-0.3, -0.25) is 0 Å². The molecular weight excluding hydrogens is 338 g/mol. The van der Waals surface area contributed by atoms with Crippen LogP contribution in [0.15, 0.2) is 11.2 Å². The molecule has 2 aromatic rings. The van der Waals surface area contributed by atoms with Crippen molar-refractivity contribution in [3.05, 3.63) is 16.5 Å². The molecule has 4 nitrogen and oxygen atoms in total. The zero-order chi connectivity index (χ0) is 16.5. The first-order valence-electron chi connectivity index (χ1n) is 9.00. The summed E-state index contributed by atoms with van der Waals surface area (Å²) >= 11 is 3.68. The van der Waals surface area contributed by atoms with Gasteiger partial charge >= 0.3 is 0 Å². The van der Waals surface area contributed by atoms with Crippen molar-refractivity contribution in [2.24, 2.45) is 13.0 Å². The average Bonchev–Trinajstić information content (AvgIpc) is 3.31. The Bertz CT molecular complexity index is 703. The summed E-state index contributed by atoms with van der Waals surface area (Å²) in [5.74, 6) is 2.85. The van der Waals surface area contributed by atoms with Crippen LogP contribution in [0.25, 0.3) is 10.7 Å². The highest BCUT2D eigenvalue weighted by atomic mass is 32.2. The lowest BCUT2D eigenvalue weighted by Crippen LogP contribution is -2.10. The van der Waals surface area contributed by atoms with Gasteiger partial charge in [0.05, 0.1) is 11.0 Å². The SMILES string of the molecule is CC[C@H]1CCc2sc(-c3nnc(SC[C@H]4CCCO4)n3C)cc2C1. The number of hydrogen-bond acceptors (Lipinski definition) is 5. The fourth-order valence-corrected chi connectivity index (χ4v) is 5.86. The highest BCUT2D eigenvalue weighted by Gasteiger charge is 2.23. The van der Waals surface area contributed by atoms with Crippen LogP contribution in [0.2, 0.25) is 0 Å². The van der Waals surface area contributed by atoms with Crippen molar-refractivity contribution in [1.82, 2.24) is 14.8 Å². The molecule has 0 bridgehead atoms. The zero-order valence-corrected chi connectivity index (χ0v) is 16.1. The summed E-state index contributed by atoms with van der Waals surface area (Å²) in [5.41, 5.74) is 1.55. The van der Waals surface area contributed by atoms with Crippen LogP contribution in [0.4, 0.5) is 0 Å². The van der Waals surface area contributed by atoms with E-state index in [0.717, 1.165) is 29.3 Å². The smallest absolute Gasteiger partial charge is 0.191 e. The molecule has 4 rings (SSSR count). The molecule has 1 fully saturated rings. The first-order chi connectivity index (χ1) is 11.7. The highest BCUT2D eigenvalue weighted by molar-refractivity contribution is 7.99. The van der Waals surface area contributed by atoms with Crippen molar-refractivity contribution < 1.29 is 4.74 Å². The molecule has 2 aromatic heterocycles. The summed E-state index contributed by atoms with van der Waals surface area (Å²) in [5, 5.41) is 9.89. The third kappa shape index (κ3) is 3.28. The number of aromatic nitrogens is 3. The molecular formula is C18H25N3OS2. The van der Waals surface area contributed by atoms with Crippen LogP contribution in [0.5, 0.6) is 0 Å². The number of fused-ring (bicyclic) bond motifs is 1. The number of thioether (sulfide) groups is 1. The molecule has 130 valence electrons. The van der Waals surface area contributed by atoms with Gasteiger partial charge in [-0.2, -0.15) is 0 Å². The Hall–Kier alpha value is -0.850. The van der Waals surface area contributed by atoms with E-state index in [0.29, 0.717) is 6.10 Å². The predicted octanol–water partition coefficient (Wildman–Crippen LogP) is 4.33. The third-order valence-corrected chi connectivity index (χ3v) is 7.63. The zero-order valence-electron chi connectivity index (χ0n) is 14.5. The Morgan fingerprint density at radius 3 is 3.08 bits per heavy atom. The maximum atomic E-state index is 5.71. The number of rotatable bonds is 5. The third-order valence-electron chi connectivity index (χ3n) is 5.24. The molecule has 0 radical (unpaired) electrons. The molecule has 3 heterocycles.